The fraction of sp³-hybridized carbons (Fsp3) is 0.950. The highest BCUT2D eigenvalue weighted by Crippen LogP contribution is 2.10. The Balaban J connectivity index is 0. The van der Waals surface area contributed by atoms with E-state index in [0.29, 0.717) is 13.2 Å². The van der Waals surface area contributed by atoms with Crippen LogP contribution in [0.25, 0.3) is 0 Å². The molecule has 0 rings (SSSR count). The SMILES string of the molecule is CCCCCCCCCCCCOC(=O)C[N+](C)(C)CCCC.[Cl-]. The Morgan fingerprint density at radius 1 is 0.750 bits per heavy atom. The van der Waals surface area contributed by atoms with E-state index in [2.05, 4.69) is 27.9 Å². The molecule has 0 aromatic rings. The van der Waals surface area contributed by atoms with Gasteiger partial charge in [0, 0.05) is 0 Å². The third-order valence-corrected chi connectivity index (χ3v) is 4.44. The summed E-state index contributed by atoms with van der Waals surface area (Å²) in [7, 11) is 4.22. The maximum Gasteiger partial charge on any atom is 0.361 e. The topological polar surface area (TPSA) is 26.3 Å². The lowest BCUT2D eigenvalue weighted by Gasteiger charge is -2.28. The molecule has 0 heterocycles. The number of halogens is 1. The van der Waals surface area contributed by atoms with Gasteiger partial charge in [0.15, 0.2) is 6.54 Å². The number of unbranched alkanes of at least 4 members (excludes halogenated alkanes) is 10. The van der Waals surface area contributed by atoms with Crippen molar-refractivity contribution in [2.45, 2.75) is 90.9 Å². The van der Waals surface area contributed by atoms with Crippen molar-refractivity contribution in [1.29, 1.82) is 0 Å². The van der Waals surface area contributed by atoms with E-state index in [1.165, 1.54) is 70.6 Å². The summed E-state index contributed by atoms with van der Waals surface area (Å²) in [6.45, 7) is 6.59. The molecule has 146 valence electrons. The number of hydrogen-bond donors (Lipinski definition) is 0. The molecule has 0 amide bonds. The van der Waals surface area contributed by atoms with Crippen molar-refractivity contribution >= 4 is 5.97 Å². The Kier molecular flexibility index (Phi) is 19.0. The zero-order valence-corrected chi connectivity index (χ0v) is 17.5. The summed E-state index contributed by atoms with van der Waals surface area (Å²) in [5.74, 6) is -0.0398. The van der Waals surface area contributed by atoms with E-state index in [1.54, 1.807) is 0 Å². The first-order valence-electron chi connectivity index (χ1n) is 9.99. The normalized spacial score (nSPS) is 11.2. The molecule has 0 unspecified atom stereocenters. The van der Waals surface area contributed by atoms with Gasteiger partial charge in [0.2, 0.25) is 0 Å². The number of carbonyl (C=O) groups excluding carboxylic acids is 1. The van der Waals surface area contributed by atoms with Crippen LogP contribution in [0, 0.1) is 0 Å². The first kappa shape index (κ1) is 26.0. The average molecular weight is 364 g/mol. The number of carbonyl (C=O) groups is 1. The van der Waals surface area contributed by atoms with Crippen LogP contribution in [-0.2, 0) is 9.53 Å². The van der Waals surface area contributed by atoms with Gasteiger partial charge in [0.1, 0.15) is 0 Å². The molecule has 0 aliphatic rings. The number of ether oxygens (including phenoxy) is 1. The molecule has 0 saturated carbocycles. The van der Waals surface area contributed by atoms with Gasteiger partial charge in [-0.3, -0.25) is 0 Å². The maximum absolute atomic E-state index is 11.8. The van der Waals surface area contributed by atoms with Gasteiger partial charge in [-0.15, -0.1) is 0 Å². The molecule has 0 saturated heterocycles. The van der Waals surface area contributed by atoms with Gasteiger partial charge in [0.05, 0.1) is 27.2 Å². The van der Waals surface area contributed by atoms with Crippen LogP contribution in [0.3, 0.4) is 0 Å². The van der Waals surface area contributed by atoms with Gasteiger partial charge in [-0.05, 0) is 12.8 Å². The molecule has 4 heteroatoms. The smallest absolute Gasteiger partial charge is 0.361 e. The Labute approximate surface area is 157 Å². The van der Waals surface area contributed by atoms with Gasteiger partial charge in [-0.2, -0.15) is 0 Å². The molecule has 0 aliphatic heterocycles. The average Bonchev–Trinajstić information content (AvgIpc) is 2.50. The number of esters is 1. The van der Waals surface area contributed by atoms with E-state index < -0.39 is 0 Å². The fourth-order valence-electron chi connectivity index (χ4n) is 2.84. The fourth-order valence-corrected chi connectivity index (χ4v) is 2.84. The molecule has 24 heavy (non-hydrogen) atoms. The second kappa shape index (κ2) is 17.5. The lowest BCUT2D eigenvalue weighted by Crippen LogP contribution is -3.00. The maximum atomic E-state index is 11.8. The van der Waals surface area contributed by atoms with Crippen LogP contribution in [0.15, 0.2) is 0 Å². The first-order chi connectivity index (χ1) is 11.0. The summed E-state index contributed by atoms with van der Waals surface area (Å²) < 4.78 is 6.12. The molecule has 0 aromatic heterocycles. The highest BCUT2D eigenvalue weighted by molar-refractivity contribution is 5.70. The van der Waals surface area contributed by atoms with Crippen LogP contribution in [0.4, 0.5) is 0 Å². The molecular formula is C20H42ClNO2. The van der Waals surface area contributed by atoms with Crippen molar-refractivity contribution in [1.82, 2.24) is 0 Å². The highest BCUT2D eigenvalue weighted by atomic mass is 35.5. The summed E-state index contributed by atoms with van der Waals surface area (Å²) >= 11 is 0. The van der Waals surface area contributed by atoms with Crippen molar-refractivity contribution in [2.75, 3.05) is 33.8 Å². The minimum absolute atomic E-state index is 0. The van der Waals surface area contributed by atoms with Crippen molar-refractivity contribution < 1.29 is 26.4 Å². The number of rotatable bonds is 16. The number of likely N-dealkylation sites (N-methyl/N-ethyl adjacent to an activating group) is 1. The number of nitrogens with zero attached hydrogens (tertiary/aromatic N) is 1. The van der Waals surface area contributed by atoms with E-state index >= 15 is 0 Å². The predicted molar refractivity (Wildman–Crippen MR) is 99.6 cm³/mol. The second-order valence-corrected chi connectivity index (χ2v) is 7.57. The Morgan fingerprint density at radius 2 is 1.21 bits per heavy atom. The molecule has 0 atom stereocenters. The lowest BCUT2D eigenvalue weighted by molar-refractivity contribution is -0.883. The molecular weight excluding hydrogens is 322 g/mol. The van der Waals surface area contributed by atoms with Crippen LogP contribution in [0.2, 0.25) is 0 Å². The Hall–Kier alpha value is -0.280. The van der Waals surface area contributed by atoms with E-state index in [-0.39, 0.29) is 18.4 Å². The number of quaternary nitrogens is 1. The summed E-state index contributed by atoms with van der Waals surface area (Å²) in [6, 6.07) is 0. The van der Waals surface area contributed by atoms with Crippen molar-refractivity contribution in [2.24, 2.45) is 0 Å². The monoisotopic (exact) mass is 363 g/mol. The zero-order valence-electron chi connectivity index (χ0n) is 16.7. The minimum atomic E-state index is -0.0398. The van der Waals surface area contributed by atoms with E-state index in [0.717, 1.165) is 17.4 Å². The van der Waals surface area contributed by atoms with Gasteiger partial charge >= 0.3 is 5.97 Å². The quantitative estimate of drug-likeness (QED) is 0.239. The van der Waals surface area contributed by atoms with Crippen LogP contribution in [-0.4, -0.2) is 44.2 Å². The van der Waals surface area contributed by atoms with Gasteiger partial charge in [-0.25, -0.2) is 4.79 Å². The second-order valence-electron chi connectivity index (χ2n) is 7.57. The molecule has 3 nitrogen and oxygen atoms in total. The van der Waals surface area contributed by atoms with Gasteiger partial charge < -0.3 is 21.6 Å². The van der Waals surface area contributed by atoms with Gasteiger partial charge in [-0.1, -0.05) is 78.1 Å². The summed E-state index contributed by atoms with van der Waals surface area (Å²) in [5.41, 5.74) is 0. The Bertz CT molecular complexity index is 283. The molecule has 0 N–H and O–H groups in total. The summed E-state index contributed by atoms with van der Waals surface area (Å²) in [4.78, 5) is 11.8. The number of hydrogen-bond acceptors (Lipinski definition) is 2. The lowest BCUT2D eigenvalue weighted by atomic mass is 10.1. The first-order valence-corrected chi connectivity index (χ1v) is 9.99. The van der Waals surface area contributed by atoms with Crippen LogP contribution in [0.5, 0.6) is 0 Å². The molecule has 0 spiro atoms. The van der Waals surface area contributed by atoms with Crippen molar-refractivity contribution in [3.05, 3.63) is 0 Å². The molecule has 0 radical (unpaired) electrons. The van der Waals surface area contributed by atoms with Crippen LogP contribution >= 0.6 is 0 Å². The largest absolute Gasteiger partial charge is 1.00 e. The summed E-state index contributed by atoms with van der Waals surface area (Å²) in [5, 5.41) is 0. The van der Waals surface area contributed by atoms with E-state index in [1.807, 2.05) is 0 Å². The van der Waals surface area contributed by atoms with Crippen LogP contribution in [0.1, 0.15) is 90.9 Å². The predicted octanol–water partition coefficient (Wildman–Crippen LogP) is 2.33. The molecule has 0 aromatic carbocycles. The van der Waals surface area contributed by atoms with Crippen LogP contribution < -0.4 is 12.4 Å². The zero-order chi connectivity index (χ0) is 17.4. The Morgan fingerprint density at radius 3 is 1.71 bits per heavy atom. The van der Waals surface area contributed by atoms with Gasteiger partial charge in [0.25, 0.3) is 0 Å². The molecule has 0 fully saturated rings. The minimum Gasteiger partial charge on any atom is -1.00 e. The summed E-state index contributed by atoms with van der Waals surface area (Å²) in [6.07, 6.45) is 15.4. The molecule has 0 bridgehead atoms. The van der Waals surface area contributed by atoms with E-state index in [9.17, 15) is 4.79 Å². The van der Waals surface area contributed by atoms with Crippen molar-refractivity contribution in [3.63, 3.8) is 0 Å². The van der Waals surface area contributed by atoms with Crippen molar-refractivity contribution in [3.8, 4) is 0 Å². The third-order valence-electron chi connectivity index (χ3n) is 4.44. The standard InChI is InChI=1S/C20H42NO2.ClH/c1-5-7-9-10-11-12-13-14-15-16-18-23-20(22)19-21(3,4)17-8-6-2;/h5-19H2,1-4H3;1H/q+1;/p-1. The highest BCUT2D eigenvalue weighted by Gasteiger charge is 2.20. The molecule has 0 aliphatic carbocycles. The van der Waals surface area contributed by atoms with E-state index in [4.69, 9.17) is 4.74 Å². The third kappa shape index (κ3) is 18.1.